The predicted molar refractivity (Wildman–Crippen MR) is 106 cm³/mol. The summed E-state index contributed by atoms with van der Waals surface area (Å²) in [5.74, 6) is 0.756. The average molecular weight is 391 g/mol. The van der Waals surface area contributed by atoms with Crippen molar-refractivity contribution >= 4 is 34.1 Å². The summed E-state index contributed by atoms with van der Waals surface area (Å²) >= 11 is 6.16. The molecule has 5 rings (SSSR count). The Morgan fingerprint density at radius 3 is 2.64 bits per heavy atom. The number of fused-ring (bicyclic) bond motifs is 1. The molecule has 2 N–H and O–H groups in total. The van der Waals surface area contributed by atoms with Gasteiger partial charge in [-0.25, -0.2) is 0 Å². The number of hydrogen-bond acceptors (Lipinski definition) is 5. The molecule has 28 heavy (non-hydrogen) atoms. The van der Waals surface area contributed by atoms with Crippen molar-refractivity contribution in [2.75, 3.05) is 5.32 Å². The van der Waals surface area contributed by atoms with Crippen LogP contribution in [-0.4, -0.2) is 31.5 Å². The first-order valence-electron chi connectivity index (χ1n) is 8.93. The Morgan fingerprint density at radius 2 is 1.93 bits per heavy atom. The predicted octanol–water partition coefficient (Wildman–Crippen LogP) is 4.20. The number of nitrogens with one attached hydrogen (secondary N) is 2. The lowest BCUT2D eigenvalue weighted by Gasteiger charge is -2.11. The zero-order valence-electron chi connectivity index (χ0n) is 14.7. The van der Waals surface area contributed by atoms with Gasteiger partial charge in [0.25, 0.3) is 5.91 Å². The van der Waals surface area contributed by atoms with E-state index in [1.807, 2.05) is 36.4 Å². The van der Waals surface area contributed by atoms with Crippen LogP contribution in [0.2, 0.25) is 5.02 Å². The summed E-state index contributed by atoms with van der Waals surface area (Å²) in [6.45, 7) is 0. The third-order valence-electron chi connectivity index (χ3n) is 4.78. The van der Waals surface area contributed by atoms with Gasteiger partial charge in [-0.05, 0) is 66.6 Å². The lowest BCUT2D eigenvalue weighted by Crippen LogP contribution is -2.13. The number of H-pyrrole nitrogens is 1. The summed E-state index contributed by atoms with van der Waals surface area (Å²) in [6, 6.07) is 14.6. The first kappa shape index (κ1) is 16.8. The molecule has 8 heteroatoms. The molecule has 2 heterocycles. The number of tetrazole rings is 1. The van der Waals surface area contributed by atoms with Crippen molar-refractivity contribution in [1.29, 1.82) is 0 Å². The monoisotopic (exact) mass is 390 g/mol. The largest absolute Gasteiger partial charge is 0.322 e. The maximum Gasteiger partial charge on any atom is 0.256 e. The van der Waals surface area contributed by atoms with Gasteiger partial charge in [-0.3, -0.25) is 9.78 Å². The Balaban J connectivity index is 1.47. The third kappa shape index (κ3) is 3.20. The van der Waals surface area contributed by atoms with E-state index in [1.54, 1.807) is 12.1 Å². The Labute approximate surface area is 165 Å². The van der Waals surface area contributed by atoms with Gasteiger partial charge in [-0.2, -0.15) is 5.21 Å². The fraction of sp³-hybridized carbons (Fsp3) is 0.150. The zero-order chi connectivity index (χ0) is 19.1. The maximum atomic E-state index is 13.0. The van der Waals surface area contributed by atoms with E-state index in [4.69, 9.17) is 16.6 Å². The number of nitrogens with zero attached hydrogens (tertiary/aromatic N) is 4. The fourth-order valence-electron chi connectivity index (χ4n) is 3.18. The molecule has 0 aliphatic heterocycles. The molecule has 1 fully saturated rings. The van der Waals surface area contributed by atoms with Crippen molar-refractivity contribution in [2.45, 2.75) is 18.8 Å². The minimum absolute atomic E-state index is 0.191. The van der Waals surface area contributed by atoms with Crippen LogP contribution < -0.4 is 5.32 Å². The van der Waals surface area contributed by atoms with Crippen LogP contribution in [0.3, 0.4) is 0 Å². The van der Waals surface area contributed by atoms with Crippen LogP contribution >= 0.6 is 11.6 Å². The molecular formula is C20H15ClN6O. The molecule has 0 bridgehead atoms. The number of aromatic amines is 1. The van der Waals surface area contributed by atoms with Crippen LogP contribution in [0, 0.1) is 0 Å². The number of anilines is 1. The molecule has 2 aromatic carbocycles. The molecule has 1 saturated carbocycles. The van der Waals surface area contributed by atoms with E-state index in [9.17, 15) is 4.79 Å². The Kier molecular flexibility index (Phi) is 4.02. The number of carbonyl (C=O) groups excluding carboxylic acids is 1. The van der Waals surface area contributed by atoms with Gasteiger partial charge in [0.05, 0.1) is 11.1 Å². The van der Waals surface area contributed by atoms with Crippen molar-refractivity contribution in [3.63, 3.8) is 0 Å². The van der Waals surface area contributed by atoms with Gasteiger partial charge >= 0.3 is 0 Å². The first-order valence-corrected chi connectivity index (χ1v) is 9.30. The van der Waals surface area contributed by atoms with Crippen LogP contribution in [0.4, 0.5) is 5.69 Å². The molecule has 7 nitrogen and oxygen atoms in total. The quantitative estimate of drug-likeness (QED) is 0.544. The van der Waals surface area contributed by atoms with E-state index in [0.717, 1.165) is 35.0 Å². The Bertz CT molecular complexity index is 1170. The molecule has 138 valence electrons. The molecular weight excluding hydrogens is 376 g/mol. The van der Waals surface area contributed by atoms with E-state index < -0.39 is 0 Å². The molecule has 0 radical (unpaired) electrons. The van der Waals surface area contributed by atoms with E-state index in [2.05, 4.69) is 25.9 Å². The number of benzene rings is 2. The van der Waals surface area contributed by atoms with Gasteiger partial charge in [-0.1, -0.05) is 11.6 Å². The number of aromatic nitrogens is 5. The molecule has 0 atom stereocenters. The maximum absolute atomic E-state index is 13.0. The lowest BCUT2D eigenvalue weighted by molar-refractivity contribution is 0.102. The molecule has 1 aliphatic rings. The highest BCUT2D eigenvalue weighted by molar-refractivity contribution is 6.31. The molecule has 0 saturated heterocycles. The number of pyridine rings is 1. The zero-order valence-corrected chi connectivity index (χ0v) is 15.4. The highest BCUT2D eigenvalue weighted by Crippen LogP contribution is 2.40. The minimum atomic E-state index is -0.191. The molecule has 4 aromatic rings. The van der Waals surface area contributed by atoms with Crippen LogP contribution in [0.5, 0.6) is 0 Å². The number of rotatable bonds is 4. The summed E-state index contributed by atoms with van der Waals surface area (Å²) in [5, 5.41) is 18.1. The number of hydrogen-bond donors (Lipinski definition) is 2. The second-order valence-corrected chi connectivity index (χ2v) is 7.23. The Morgan fingerprint density at radius 1 is 1.11 bits per heavy atom. The van der Waals surface area contributed by atoms with E-state index in [0.29, 0.717) is 28.0 Å². The van der Waals surface area contributed by atoms with Crippen LogP contribution in [0.15, 0.2) is 48.5 Å². The second-order valence-electron chi connectivity index (χ2n) is 6.80. The van der Waals surface area contributed by atoms with Crippen molar-refractivity contribution in [3.8, 4) is 11.4 Å². The van der Waals surface area contributed by atoms with Gasteiger partial charge in [0.2, 0.25) is 5.82 Å². The van der Waals surface area contributed by atoms with Gasteiger partial charge < -0.3 is 5.32 Å². The topological polar surface area (TPSA) is 96.5 Å². The van der Waals surface area contributed by atoms with E-state index in [-0.39, 0.29) is 5.91 Å². The lowest BCUT2D eigenvalue weighted by atomic mass is 10.0. The molecule has 2 aromatic heterocycles. The average Bonchev–Trinajstić information content (AvgIpc) is 3.42. The highest BCUT2D eigenvalue weighted by Gasteiger charge is 2.27. The van der Waals surface area contributed by atoms with Crippen molar-refractivity contribution < 1.29 is 4.79 Å². The smallest absolute Gasteiger partial charge is 0.256 e. The highest BCUT2D eigenvalue weighted by atomic mass is 35.5. The summed E-state index contributed by atoms with van der Waals surface area (Å²) in [5.41, 5.74) is 3.82. The van der Waals surface area contributed by atoms with Crippen molar-refractivity contribution in [3.05, 3.63) is 64.8 Å². The first-order chi connectivity index (χ1) is 13.7. The van der Waals surface area contributed by atoms with Crippen LogP contribution in [-0.2, 0) is 0 Å². The summed E-state index contributed by atoms with van der Waals surface area (Å²) in [6.07, 6.45) is 2.23. The second kappa shape index (κ2) is 6.69. The van der Waals surface area contributed by atoms with Gasteiger partial charge in [-0.15, -0.1) is 10.2 Å². The molecule has 1 aliphatic carbocycles. The minimum Gasteiger partial charge on any atom is -0.322 e. The van der Waals surface area contributed by atoms with Gasteiger partial charge in [0.15, 0.2) is 0 Å². The Hall–Kier alpha value is -3.32. The van der Waals surface area contributed by atoms with E-state index in [1.165, 1.54) is 0 Å². The normalized spacial score (nSPS) is 13.6. The van der Waals surface area contributed by atoms with Crippen LogP contribution in [0.1, 0.15) is 34.8 Å². The number of halogens is 1. The van der Waals surface area contributed by atoms with Crippen molar-refractivity contribution in [2.24, 2.45) is 0 Å². The number of amides is 1. The number of carbonyl (C=O) groups is 1. The fourth-order valence-corrected chi connectivity index (χ4v) is 3.35. The third-order valence-corrected chi connectivity index (χ3v) is 5.01. The summed E-state index contributed by atoms with van der Waals surface area (Å²) in [4.78, 5) is 17.7. The summed E-state index contributed by atoms with van der Waals surface area (Å²) < 4.78 is 0. The van der Waals surface area contributed by atoms with Gasteiger partial charge in [0.1, 0.15) is 0 Å². The van der Waals surface area contributed by atoms with Gasteiger partial charge in [0, 0.05) is 33.3 Å². The SMILES string of the molecule is O=C(Nc1ccc(-c2nn[nH]n2)cc1)c1cc(C2CC2)nc2ccc(Cl)cc12. The van der Waals surface area contributed by atoms with Crippen LogP contribution in [0.25, 0.3) is 22.3 Å². The van der Waals surface area contributed by atoms with E-state index >= 15 is 0 Å². The molecule has 1 amide bonds. The molecule has 0 unspecified atom stereocenters. The van der Waals surface area contributed by atoms with Crippen molar-refractivity contribution in [1.82, 2.24) is 25.6 Å². The molecule has 0 spiro atoms. The standard InChI is InChI=1S/C20H15ClN6O/c21-13-5-8-17-15(9-13)16(10-18(23-17)11-1-2-11)20(28)22-14-6-3-12(4-7-14)19-24-26-27-25-19/h3-11H,1-2H2,(H,22,28)(H,24,25,26,27). The summed E-state index contributed by atoms with van der Waals surface area (Å²) in [7, 11) is 0.